The molecule has 3 nitrogen and oxygen atoms in total. The average molecular weight is 250 g/mol. The maximum Gasteiger partial charge on any atom is 0.309 e. The summed E-state index contributed by atoms with van der Waals surface area (Å²) in [5.74, 6) is 1.08. The van der Waals surface area contributed by atoms with Crippen LogP contribution in [0.3, 0.4) is 0 Å². The first-order chi connectivity index (χ1) is 8.52. The summed E-state index contributed by atoms with van der Waals surface area (Å²) in [6.07, 6.45) is 0.290. The molecule has 0 heterocycles. The van der Waals surface area contributed by atoms with Crippen LogP contribution >= 0.6 is 0 Å². The largest absolute Gasteiger partial charge is 0.493 e. The Hall–Kier alpha value is -1.51. The van der Waals surface area contributed by atoms with Gasteiger partial charge < -0.3 is 9.47 Å². The Morgan fingerprint density at radius 3 is 2.61 bits per heavy atom. The van der Waals surface area contributed by atoms with Crippen molar-refractivity contribution in [3.63, 3.8) is 0 Å². The third kappa shape index (κ3) is 4.78. The van der Waals surface area contributed by atoms with Crippen LogP contribution < -0.4 is 4.74 Å². The third-order valence-electron chi connectivity index (χ3n) is 2.62. The summed E-state index contributed by atoms with van der Waals surface area (Å²) in [7, 11) is 0. The molecule has 0 aliphatic heterocycles. The van der Waals surface area contributed by atoms with Gasteiger partial charge in [0.2, 0.25) is 0 Å². The molecule has 0 saturated carbocycles. The SMILES string of the molecule is CCOC(=O)CCOc1cc(C)cc(C(C)C)c1. The Morgan fingerprint density at radius 1 is 1.28 bits per heavy atom. The molecule has 0 atom stereocenters. The molecule has 100 valence electrons. The Kier molecular flexibility index (Phi) is 5.69. The highest BCUT2D eigenvalue weighted by Gasteiger charge is 2.05. The van der Waals surface area contributed by atoms with E-state index in [1.807, 2.05) is 19.1 Å². The first kappa shape index (κ1) is 14.6. The van der Waals surface area contributed by atoms with Crippen molar-refractivity contribution < 1.29 is 14.3 Å². The zero-order valence-electron chi connectivity index (χ0n) is 11.7. The van der Waals surface area contributed by atoms with Gasteiger partial charge in [0.25, 0.3) is 0 Å². The van der Waals surface area contributed by atoms with Gasteiger partial charge in [-0.2, -0.15) is 0 Å². The van der Waals surface area contributed by atoms with E-state index < -0.39 is 0 Å². The Labute approximate surface area is 109 Å². The summed E-state index contributed by atoms with van der Waals surface area (Å²) in [5, 5.41) is 0. The van der Waals surface area contributed by atoms with Crippen LogP contribution in [-0.2, 0) is 9.53 Å². The normalized spacial score (nSPS) is 10.5. The van der Waals surface area contributed by atoms with E-state index in [1.54, 1.807) is 6.92 Å². The number of aryl methyl sites for hydroxylation is 1. The number of benzene rings is 1. The van der Waals surface area contributed by atoms with E-state index in [-0.39, 0.29) is 5.97 Å². The molecule has 1 aromatic carbocycles. The molecular weight excluding hydrogens is 228 g/mol. The summed E-state index contributed by atoms with van der Waals surface area (Å²) in [6.45, 7) is 8.92. The van der Waals surface area contributed by atoms with Crippen molar-refractivity contribution in [2.24, 2.45) is 0 Å². The molecule has 1 rings (SSSR count). The molecule has 1 aromatic rings. The van der Waals surface area contributed by atoms with Crippen molar-refractivity contribution in [3.05, 3.63) is 29.3 Å². The van der Waals surface area contributed by atoms with Crippen LogP contribution in [0.2, 0.25) is 0 Å². The summed E-state index contributed by atoms with van der Waals surface area (Å²) in [4.78, 5) is 11.2. The van der Waals surface area contributed by atoms with Crippen molar-refractivity contribution in [1.29, 1.82) is 0 Å². The van der Waals surface area contributed by atoms with E-state index in [0.29, 0.717) is 25.6 Å². The molecule has 0 aliphatic rings. The molecule has 0 radical (unpaired) electrons. The lowest BCUT2D eigenvalue weighted by Gasteiger charge is -2.11. The maximum atomic E-state index is 11.2. The minimum atomic E-state index is -0.214. The molecule has 0 N–H and O–H groups in total. The first-order valence-corrected chi connectivity index (χ1v) is 6.43. The lowest BCUT2D eigenvalue weighted by atomic mass is 10.0. The molecule has 0 amide bonds. The number of esters is 1. The summed E-state index contributed by atoms with van der Waals surface area (Å²) < 4.78 is 10.4. The van der Waals surface area contributed by atoms with Crippen molar-refractivity contribution in [3.8, 4) is 5.75 Å². The van der Waals surface area contributed by atoms with Gasteiger partial charge in [-0.25, -0.2) is 0 Å². The Bertz CT molecular complexity index is 397. The van der Waals surface area contributed by atoms with E-state index in [9.17, 15) is 4.79 Å². The molecule has 0 fully saturated rings. The minimum Gasteiger partial charge on any atom is -0.493 e. The van der Waals surface area contributed by atoms with Gasteiger partial charge in [-0.3, -0.25) is 4.79 Å². The van der Waals surface area contributed by atoms with Gasteiger partial charge in [0.15, 0.2) is 0 Å². The number of hydrogen-bond donors (Lipinski definition) is 0. The van der Waals surface area contributed by atoms with Crippen molar-refractivity contribution in [2.75, 3.05) is 13.2 Å². The quantitative estimate of drug-likeness (QED) is 0.725. The van der Waals surface area contributed by atoms with Crippen LogP contribution in [0.1, 0.15) is 44.2 Å². The van der Waals surface area contributed by atoms with E-state index in [0.717, 1.165) is 5.75 Å². The minimum absolute atomic E-state index is 0.214. The monoisotopic (exact) mass is 250 g/mol. The van der Waals surface area contributed by atoms with Gasteiger partial charge in [-0.05, 0) is 43.0 Å². The number of carbonyl (C=O) groups excluding carboxylic acids is 1. The number of carbonyl (C=O) groups is 1. The second kappa shape index (κ2) is 7.04. The number of rotatable bonds is 6. The fourth-order valence-electron chi connectivity index (χ4n) is 1.68. The van der Waals surface area contributed by atoms with Crippen LogP contribution in [0.15, 0.2) is 18.2 Å². The number of hydrogen-bond acceptors (Lipinski definition) is 3. The van der Waals surface area contributed by atoms with Crippen LogP contribution in [0.5, 0.6) is 5.75 Å². The van der Waals surface area contributed by atoms with Gasteiger partial charge in [-0.1, -0.05) is 19.9 Å². The van der Waals surface area contributed by atoms with Crippen LogP contribution in [0, 0.1) is 6.92 Å². The molecule has 0 bridgehead atoms. The summed E-state index contributed by atoms with van der Waals surface area (Å²) >= 11 is 0. The van der Waals surface area contributed by atoms with Gasteiger partial charge in [-0.15, -0.1) is 0 Å². The maximum absolute atomic E-state index is 11.2. The van der Waals surface area contributed by atoms with Crippen LogP contribution in [-0.4, -0.2) is 19.2 Å². The molecule has 0 unspecified atom stereocenters. The Balaban J connectivity index is 2.54. The highest BCUT2D eigenvalue weighted by atomic mass is 16.5. The van der Waals surface area contributed by atoms with Crippen LogP contribution in [0.25, 0.3) is 0 Å². The first-order valence-electron chi connectivity index (χ1n) is 6.43. The third-order valence-corrected chi connectivity index (χ3v) is 2.62. The van der Waals surface area contributed by atoms with Gasteiger partial charge in [0, 0.05) is 0 Å². The fourth-order valence-corrected chi connectivity index (χ4v) is 1.68. The Morgan fingerprint density at radius 2 is 2.00 bits per heavy atom. The van der Waals surface area contributed by atoms with Crippen molar-refractivity contribution >= 4 is 5.97 Å². The molecular formula is C15H22O3. The highest BCUT2D eigenvalue weighted by molar-refractivity contribution is 5.69. The van der Waals surface area contributed by atoms with Gasteiger partial charge in [0.1, 0.15) is 5.75 Å². The summed E-state index contributed by atoms with van der Waals surface area (Å²) in [6, 6.07) is 6.17. The van der Waals surface area contributed by atoms with Crippen LogP contribution in [0.4, 0.5) is 0 Å². The zero-order valence-corrected chi connectivity index (χ0v) is 11.7. The summed E-state index contributed by atoms with van der Waals surface area (Å²) in [5.41, 5.74) is 2.42. The van der Waals surface area contributed by atoms with E-state index in [4.69, 9.17) is 9.47 Å². The van der Waals surface area contributed by atoms with E-state index >= 15 is 0 Å². The molecule has 0 aliphatic carbocycles. The highest BCUT2D eigenvalue weighted by Crippen LogP contribution is 2.22. The lowest BCUT2D eigenvalue weighted by Crippen LogP contribution is -2.09. The number of ether oxygens (including phenoxy) is 2. The molecule has 3 heteroatoms. The standard InChI is InChI=1S/C15H22O3/c1-5-17-15(16)6-7-18-14-9-12(4)8-13(10-14)11(2)3/h8-11H,5-7H2,1-4H3. The average Bonchev–Trinajstić information content (AvgIpc) is 2.28. The second-order valence-electron chi connectivity index (χ2n) is 4.64. The van der Waals surface area contributed by atoms with E-state index in [1.165, 1.54) is 11.1 Å². The van der Waals surface area contributed by atoms with Gasteiger partial charge >= 0.3 is 5.97 Å². The zero-order chi connectivity index (χ0) is 13.5. The topological polar surface area (TPSA) is 35.5 Å². The lowest BCUT2D eigenvalue weighted by molar-refractivity contribution is -0.143. The van der Waals surface area contributed by atoms with Crippen molar-refractivity contribution in [1.82, 2.24) is 0 Å². The van der Waals surface area contributed by atoms with Gasteiger partial charge in [0.05, 0.1) is 19.6 Å². The second-order valence-corrected chi connectivity index (χ2v) is 4.64. The molecule has 0 saturated heterocycles. The smallest absolute Gasteiger partial charge is 0.309 e. The molecule has 18 heavy (non-hydrogen) atoms. The molecule has 0 spiro atoms. The predicted molar refractivity (Wildman–Crippen MR) is 72.0 cm³/mol. The van der Waals surface area contributed by atoms with E-state index in [2.05, 4.69) is 19.9 Å². The fraction of sp³-hybridized carbons (Fsp3) is 0.533. The molecule has 0 aromatic heterocycles. The predicted octanol–water partition coefficient (Wildman–Crippen LogP) is 3.45. The van der Waals surface area contributed by atoms with Crippen molar-refractivity contribution in [2.45, 2.75) is 40.0 Å².